The predicted octanol–water partition coefficient (Wildman–Crippen LogP) is 4.79. The molecule has 3 heterocycles. The van der Waals surface area contributed by atoms with E-state index in [9.17, 15) is 18.4 Å². The van der Waals surface area contributed by atoms with Gasteiger partial charge in [-0.3, -0.25) is 9.59 Å². The molecule has 1 saturated heterocycles. The minimum Gasteiger partial charge on any atom is -0.381 e. The first kappa shape index (κ1) is 26.1. The zero-order valence-electron chi connectivity index (χ0n) is 22.1. The van der Waals surface area contributed by atoms with Crippen LogP contribution in [0.2, 0.25) is 0 Å². The van der Waals surface area contributed by atoms with Crippen LogP contribution < -0.4 is 10.6 Å². The fourth-order valence-electron chi connectivity index (χ4n) is 5.92. The Morgan fingerprint density at radius 1 is 1.08 bits per heavy atom. The maximum absolute atomic E-state index is 14.8. The smallest absolute Gasteiger partial charge is 0.256 e. The normalized spacial score (nSPS) is 22.1. The van der Waals surface area contributed by atoms with Crippen LogP contribution in [0.5, 0.6) is 0 Å². The van der Waals surface area contributed by atoms with Crippen LogP contribution in [0.1, 0.15) is 39.2 Å². The number of hydrogen-bond acceptors (Lipinski definition) is 4. The Labute approximate surface area is 222 Å². The summed E-state index contributed by atoms with van der Waals surface area (Å²) in [5.74, 6) is -2.38. The molecule has 38 heavy (non-hydrogen) atoms. The number of nitrogens with one attached hydrogen (secondary N) is 2. The van der Waals surface area contributed by atoms with Crippen molar-refractivity contribution in [1.29, 1.82) is 0 Å². The molecule has 8 heteroatoms. The highest BCUT2D eigenvalue weighted by Gasteiger charge is 2.41. The summed E-state index contributed by atoms with van der Waals surface area (Å²) in [4.78, 5) is 31.0. The maximum Gasteiger partial charge on any atom is 0.256 e. The summed E-state index contributed by atoms with van der Waals surface area (Å²) < 4.78 is 28.8. The third-order valence-electron chi connectivity index (χ3n) is 8.09. The molecule has 200 valence electrons. The van der Waals surface area contributed by atoms with E-state index in [4.69, 9.17) is 0 Å². The number of amides is 2. The van der Waals surface area contributed by atoms with Gasteiger partial charge in [0.15, 0.2) is 11.6 Å². The first-order chi connectivity index (χ1) is 18.3. The molecule has 0 aromatic heterocycles. The third kappa shape index (κ3) is 4.62. The SMILES string of the molecule is CCN(CC)CCN1CCCC2NC(/C=C3\C(=O)Nc4cccc(-c5cccc(F)c5F)c43)=C(C)C2C1=O. The van der Waals surface area contributed by atoms with Crippen molar-refractivity contribution in [1.82, 2.24) is 15.1 Å². The van der Waals surface area contributed by atoms with E-state index >= 15 is 0 Å². The second-order valence-corrected chi connectivity index (χ2v) is 10.2. The molecule has 5 rings (SSSR count). The number of likely N-dealkylation sites (N-methyl/N-ethyl adjacent to an activating group) is 1. The van der Waals surface area contributed by atoms with Crippen molar-refractivity contribution in [2.75, 3.05) is 38.0 Å². The zero-order valence-corrected chi connectivity index (χ0v) is 22.1. The summed E-state index contributed by atoms with van der Waals surface area (Å²) in [6, 6.07) is 9.16. The van der Waals surface area contributed by atoms with E-state index in [1.54, 1.807) is 24.3 Å². The molecule has 1 fully saturated rings. The average molecular weight is 521 g/mol. The Balaban J connectivity index is 1.49. The lowest BCUT2D eigenvalue weighted by atomic mass is 9.91. The number of halogens is 2. The van der Waals surface area contributed by atoms with E-state index in [2.05, 4.69) is 29.4 Å². The lowest BCUT2D eigenvalue weighted by Crippen LogP contribution is -2.43. The summed E-state index contributed by atoms with van der Waals surface area (Å²) >= 11 is 0. The Bertz CT molecular complexity index is 1330. The minimum absolute atomic E-state index is 0.0346. The number of likely N-dealkylation sites (tertiary alicyclic amines) is 1. The lowest BCUT2D eigenvalue weighted by Gasteiger charge is -2.27. The Morgan fingerprint density at radius 3 is 2.58 bits per heavy atom. The van der Waals surface area contributed by atoms with Crippen molar-refractivity contribution in [3.05, 3.63) is 70.9 Å². The molecule has 3 aliphatic rings. The van der Waals surface area contributed by atoms with Gasteiger partial charge in [-0.1, -0.05) is 38.1 Å². The molecule has 0 saturated carbocycles. The summed E-state index contributed by atoms with van der Waals surface area (Å²) in [5, 5.41) is 6.36. The molecular weight excluding hydrogens is 486 g/mol. The third-order valence-corrected chi connectivity index (χ3v) is 8.09. The van der Waals surface area contributed by atoms with Gasteiger partial charge in [0.25, 0.3) is 5.91 Å². The van der Waals surface area contributed by atoms with Gasteiger partial charge in [0.2, 0.25) is 5.91 Å². The van der Waals surface area contributed by atoms with E-state index in [-0.39, 0.29) is 29.3 Å². The van der Waals surface area contributed by atoms with Crippen molar-refractivity contribution in [2.45, 2.75) is 39.7 Å². The first-order valence-corrected chi connectivity index (χ1v) is 13.4. The van der Waals surface area contributed by atoms with Gasteiger partial charge in [0.1, 0.15) is 0 Å². The number of carbonyl (C=O) groups is 2. The highest BCUT2D eigenvalue weighted by atomic mass is 19.2. The Kier molecular flexibility index (Phi) is 7.34. The van der Waals surface area contributed by atoms with Crippen LogP contribution in [0.4, 0.5) is 14.5 Å². The van der Waals surface area contributed by atoms with E-state index < -0.39 is 11.6 Å². The quantitative estimate of drug-likeness (QED) is 0.515. The predicted molar refractivity (Wildman–Crippen MR) is 145 cm³/mol. The molecule has 0 aliphatic carbocycles. The van der Waals surface area contributed by atoms with Crippen LogP contribution in [0, 0.1) is 17.6 Å². The number of anilines is 1. The zero-order chi connectivity index (χ0) is 27.0. The molecule has 2 atom stereocenters. The van der Waals surface area contributed by atoms with Gasteiger partial charge < -0.3 is 20.4 Å². The summed E-state index contributed by atoms with van der Waals surface area (Å²) in [5.41, 5.74) is 3.62. The van der Waals surface area contributed by atoms with Crippen molar-refractivity contribution >= 4 is 23.1 Å². The van der Waals surface area contributed by atoms with Gasteiger partial charge in [-0.25, -0.2) is 8.78 Å². The second-order valence-electron chi connectivity index (χ2n) is 10.2. The molecule has 2 amide bonds. The number of hydrogen-bond donors (Lipinski definition) is 2. The minimum atomic E-state index is -0.952. The number of rotatable bonds is 7. The number of allylic oxidation sites excluding steroid dienone is 1. The van der Waals surface area contributed by atoms with Crippen molar-refractivity contribution in [2.24, 2.45) is 5.92 Å². The van der Waals surface area contributed by atoms with Crippen LogP contribution in [-0.4, -0.2) is 60.4 Å². The molecule has 2 aromatic rings. The highest BCUT2D eigenvalue weighted by molar-refractivity contribution is 6.33. The van der Waals surface area contributed by atoms with E-state index in [1.165, 1.54) is 12.1 Å². The van der Waals surface area contributed by atoms with Gasteiger partial charge in [-0.2, -0.15) is 0 Å². The number of nitrogens with zero attached hydrogens (tertiary/aromatic N) is 2. The number of carbonyl (C=O) groups excluding carboxylic acids is 2. The molecule has 2 aromatic carbocycles. The second kappa shape index (κ2) is 10.7. The van der Waals surface area contributed by atoms with Crippen molar-refractivity contribution in [3.8, 4) is 11.1 Å². The molecular formula is C30H34F2N4O2. The molecule has 2 unspecified atom stereocenters. The van der Waals surface area contributed by atoms with E-state index in [1.807, 2.05) is 11.8 Å². The summed E-state index contributed by atoms with van der Waals surface area (Å²) in [6.07, 6.45) is 3.52. The fraction of sp³-hybridized carbons (Fsp3) is 0.400. The van der Waals surface area contributed by atoms with Crippen LogP contribution in [-0.2, 0) is 9.59 Å². The van der Waals surface area contributed by atoms with Gasteiger partial charge >= 0.3 is 0 Å². The molecule has 6 nitrogen and oxygen atoms in total. The van der Waals surface area contributed by atoms with Gasteiger partial charge in [-0.05, 0) is 62.2 Å². The van der Waals surface area contributed by atoms with Gasteiger partial charge in [-0.15, -0.1) is 0 Å². The summed E-state index contributed by atoms with van der Waals surface area (Å²) in [6.45, 7) is 10.4. The van der Waals surface area contributed by atoms with E-state index in [0.717, 1.165) is 56.4 Å². The molecule has 0 spiro atoms. The molecule has 3 aliphatic heterocycles. The van der Waals surface area contributed by atoms with Gasteiger partial charge in [0, 0.05) is 48.2 Å². The molecule has 0 radical (unpaired) electrons. The first-order valence-electron chi connectivity index (χ1n) is 13.4. The number of fused-ring (bicyclic) bond motifs is 2. The van der Waals surface area contributed by atoms with Crippen molar-refractivity contribution < 1.29 is 18.4 Å². The molecule has 0 bridgehead atoms. The van der Waals surface area contributed by atoms with Crippen LogP contribution in [0.3, 0.4) is 0 Å². The fourth-order valence-corrected chi connectivity index (χ4v) is 5.92. The van der Waals surface area contributed by atoms with Gasteiger partial charge in [0.05, 0.1) is 11.5 Å². The largest absolute Gasteiger partial charge is 0.381 e. The average Bonchev–Trinajstić information content (AvgIpc) is 3.34. The topological polar surface area (TPSA) is 64.7 Å². The maximum atomic E-state index is 14.8. The number of benzene rings is 2. The van der Waals surface area contributed by atoms with Crippen LogP contribution in [0.15, 0.2) is 53.7 Å². The monoisotopic (exact) mass is 520 g/mol. The Hall–Kier alpha value is -3.52. The summed E-state index contributed by atoms with van der Waals surface area (Å²) in [7, 11) is 0. The molecule has 2 N–H and O–H groups in total. The van der Waals surface area contributed by atoms with E-state index in [0.29, 0.717) is 28.9 Å². The Morgan fingerprint density at radius 2 is 1.82 bits per heavy atom. The van der Waals surface area contributed by atoms with Crippen LogP contribution in [0.25, 0.3) is 16.7 Å². The van der Waals surface area contributed by atoms with Crippen LogP contribution >= 0.6 is 0 Å². The van der Waals surface area contributed by atoms with Crippen molar-refractivity contribution in [3.63, 3.8) is 0 Å². The highest BCUT2D eigenvalue weighted by Crippen LogP contribution is 2.42. The standard InChI is InChI=1S/C30H34F2N4O2/c1-4-35(5-2)15-16-36-14-8-13-23-26(30(36)38)18(3)25(33-23)17-21-27-19(9-7-12-24(27)34-29(21)37)20-10-6-11-22(31)28(20)32/h6-7,9-12,17,23,26,33H,4-5,8,13-16H2,1-3H3,(H,34,37)/b21-17-. The lowest BCUT2D eigenvalue weighted by molar-refractivity contribution is -0.134.